The minimum atomic E-state index is -0.880. The molecule has 0 saturated carbocycles. The van der Waals surface area contributed by atoms with Gasteiger partial charge >= 0.3 is 0 Å². The van der Waals surface area contributed by atoms with Crippen LogP contribution in [-0.2, 0) is 9.59 Å². The molecule has 0 unspecified atom stereocenters. The molecule has 0 aliphatic rings. The van der Waals surface area contributed by atoms with Crippen LogP contribution in [0.2, 0.25) is 0 Å². The van der Waals surface area contributed by atoms with Gasteiger partial charge in [-0.1, -0.05) is 22.6 Å². The second-order valence-electron chi connectivity index (χ2n) is 0.831. The average molecular weight is 232 g/mol. The van der Waals surface area contributed by atoms with Crippen LogP contribution in [0.25, 0.3) is 0 Å². The summed E-state index contributed by atoms with van der Waals surface area (Å²) in [4.78, 5) is 19.8. The van der Waals surface area contributed by atoms with Gasteiger partial charge in [0.1, 0.15) is 0 Å². The quantitative estimate of drug-likeness (QED) is 0.305. The van der Waals surface area contributed by atoms with Crippen LogP contribution in [0.5, 0.6) is 0 Å². The molecular formula is C3H2ClIO2. The van der Waals surface area contributed by atoms with E-state index in [4.69, 9.17) is 11.6 Å². The van der Waals surface area contributed by atoms with Crippen molar-refractivity contribution in [3.8, 4) is 0 Å². The number of carbonyl (C=O) groups excluding carboxylic acids is 2. The van der Waals surface area contributed by atoms with Crippen LogP contribution in [0.4, 0.5) is 0 Å². The lowest BCUT2D eigenvalue weighted by Gasteiger charge is -1.77. The smallest absolute Gasteiger partial charge is 0.288 e. The molecule has 0 aromatic rings. The van der Waals surface area contributed by atoms with Gasteiger partial charge in [-0.15, -0.1) is 0 Å². The SMILES string of the molecule is O=C(Cl)C(=O)CI. The van der Waals surface area contributed by atoms with E-state index in [9.17, 15) is 9.59 Å². The van der Waals surface area contributed by atoms with Crippen molar-refractivity contribution in [1.29, 1.82) is 0 Å². The van der Waals surface area contributed by atoms with Crippen molar-refractivity contribution in [1.82, 2.24) is 0 Å². The van der Waals surface area contributed by atoms with E-state index < -0.39 is 11.0 Å². The first kappa shape index (κ1) is 7.36. The number of hydrogen-bond acceptors (Lipinski definition) is 2. The molecule has 0 atom stereocenters. The lowest BCUT2D eigenvalue weighted by atomic mass is 10.5. The van der Waals surface area contributed by atoms with E-state index in [0.717, 1.165) is 0 Å². The molecule has 40 valence electrons. The summed E-state index contributed by atoms with van der Waals surface area (Å²) >= 11 is 6.51. The second-order valence-corrected chi connectivity index (χ2v) is 1.94. The molecule has 0 aromatic carbocycles. The van der Waals surface area contributed by atoms with E-state index in [-0.39, 0.29) is 4.43 Å². The normalized spacial score (nSPS) is 8.29. The fraction of sp³-hybridized carbons (Fsp3) is 0.333. The van der Waals surface area contributed by atoms with Crippen molar-refractivity contribution in [2.45, 2.75) is 0 Å². The molecule has 0 fully saturated rings. The minimum absolute atomic E-state index is 0.167. The van der Waals surface area contributed by atoms with E-state index in [1.54, 1.807) is 22.6 Å². The van der Waals surface area contributed by atoms with E-state index in [0.29, 0.717) is 0 Å². The summed E-state index contributed by atoms with van der Waals surface area (Å²) in [6, 6.07) is 0. The first-order chi connectivity index (χ1) is 3.18. The van der Waals surface area contributed by atoms with Crippen molar-refractivity contribution in [2.24, 2.45) is 0 Å². The molecule has 0 rings (SSSR count). The standard InChI is InChI=1S/C3H2ClIO2/c4-3(7)2(6)1-5/h1H2. The highest BCUT2D eigenvalue weighted by Crippen LogP contribution is 1.87. The van der Waals surface area contributed by atoms with Crippen molar-refractivity contribution < 1.29 is 9.59 Å². The topological polar surface area (TPSA) is 34.1 Å². The molecule has 0 aromatic heterocycles. The van der Waals surface area contributed by atoms with Crippen molar-refractivity contribution in [3.63, 3.8) is 0 Å². The number of rotatable bonds is 2. The second kappa shape index (κ2) is 3.37. The van der Waals surface area contributed by atoms with Gasteiger partial charge in [0.15, 0.2) is 0 Å². The Labute approximate surface area is 59.4 Å². The summed E-state index contributed by atoms with van der Waals surface area (Å²) in [6.45, 7) is 0. The average Bonchev–Trinajstić information content (AvgIpc) is 1.65. The van der Waals surface area contributed by atoms with E-state index in [1.807, 2.05) is 0 Å². The third-order valence-corrected chi connectivity index (χ3v) is 1.24. The van der Waals surface area contributed by atoms with Gasteiger partial charge in [-0.25, -0.2) is 0 Å². The van der Waals surface area contributed by atoms with E-state index in [1.165, 1.54) is 0 Å². The van der Waals surface area contributed by atoms with Crippen LogP contribution in [0.15, 0.2) is 0 Å². The lowest BCUT2D eigenvalue weighted by molar-refractivity contribution is -0.130. The van der Waals surface area contributed by atoms with Gasteiger partial charge in [-0.2, -0.15) is 0 Å². The van der Waals surface area contributed by atoms with Crippen molar-refractivity contribution in [3.05, 3.63) is 0 Å². The molecule has 0 amide bonds. The Morgan fingerprint density at radius 3 is 2.00 bits per heavy atom. The molecule has 0 aliphatic heterocycles. The summed E-state index contributed by atoms with van der Waals surface area (Å²) in [7, 11) is 0. The molecule has 0 spiro atoms. The van der Waals surface area contributed by atoms with Gasteiger partial charge in [0.05, 0.1) is 4.43 Å². The maximum Gasteiger partial charge on any atom is 0.288 e. The number of halogens is 2. The van der Waals surface area contributed by atoms with Gasteiger partial charge in [-0.05, 0) is 11.6 Å². The predicted molar refractivity (Wildman–Crippen MR) is 34.8 cm³/mol. The first-order valence-corrected chi connectivity index (χ1v) is 3.37. The minimum Gasteiger partial charge on any atom is -0.289 e. The molecule has 2 nitrogen and oxygen atoms in total. The fourth-order valence-electron chi connectivity index (χ4n) is 0.0525. The summed E-state index contributed by atoms with van der Waals surface area (Å²) in [6.07, 6.45) is 0. The largest absolute Gasteiger partial charge is 0.289 e. The van der Waals surface area contributed by atoms with Gasteiger partial charge in [0.25, 0.3) is 5.24 Å². The highest BCUT2D eigenvalue weighted by molar-refractivity contribution is 14.1. The zero-order valence-electron chi connectivity index (χ0n) is 3.28. The molecular weight excluding hydrogens is 230 g/mol. The van der Waals surface area contributed by atoms with Crippen LogP contribution < -0.4 is 0 Å². The Hall–Kier alpha value is 0.360. The third-order valence-electron chi connectivity index (χ3n) is 0.341. The van der Waals surface area contributed by atoms with Crippen LogP contribution in [0, 0.1) is 0 Å². The van der Waals surface area contributed by atoms with Gasteiger partial charge in [-0.3, -0.25) is 9.59 Å². The maximum atomic E-state index is 10.0. The fourth-order valence-corrected chi connectivity index (χ4v) is 0.691. The molecule has 0 saturated heterocycles. The number of carbonyl (C=O) groups is 2. The molecule has 0 bridgehead atoms. The van der Waals surface area contributed by atoms with Crippen LogP contribution >= 0.6 is 34.2 Å². The van der Waals surface area contributed by atoms with Gasteiger partial charge in [0, 0.05) is 0 Å². The van der Waals surface area contributed by atoms with Gasteiger partial charge < -0.3 is 0 Å². The lowest BCUT2D eigenvalue weighted by Crippen LogP contribution is -2.06. The monoisotopic (exact) mass is 232 g/mol. The Balaban J connectivity index is 3.58. The molecule has 0 aliphatic carbocycles. The number of Topliss-reactive ketones (excluding diaryl/α,β-unsaturated/α-hetero) is 1. The molecule has 0 heterocycles. The molecule has 0 radical (unpaired) electrons. The van der Waals surface area contributed by atoms with Crippen LogP contribution in [-0.4, -0.2) is 15.5 Å². The predicted octanol–water partition coefficient (Wildman–Crippen LogP) is 0.756. The van der Waals surface area contributed by atoms with Crippen molar-refractivity contribution >= 4 is 45.2 Å². The zero-order valence-corrected chi connectivity index (χ0v) is 6.19. The van der Waals surface area contributed by atoms with E-state index >= 15 is 0 Å². The van der Waals surface area contributed by atoms with Crippen LogP contribution in [0.1, 0.15) is 0 Å². The number of alkyl halides is 1. The Morgan fingerprint density at radius 2 is 2.00 bits per heavy atom. The first-order valence-electron chi connectivity index (χ1n) is 1.47. The Bertz CT molecular complexity index is 101. The molecule has 0 N–H and O–H groups in total. The summed E-state index contributed by atoms with van der Waals surface area (Å²) in [5, 5.41) is -0.880. The summed E-state index contributed by atoms with van der Waals surface area (Å²) < 4.78 is 0.167. The van der Waals surface area contributed by atoms with Crippen molar-refractivity contribution in [2.75, 3.05) is 4.43 Å². The maximum absolute atomic E-state index is 10.0. The Morgan fingerprint density at radius 1 is 1.57 bits per heavy atom. The highest BCUT2D eigenvalue weighted by atomic mass is 127. The summed E-state index contributed by atoms with van der Waals surface area (Å²) in [5.41, 5.74) is 0. The highest BCUT2D eigenvalue weighted by Gasteiger charge is 2.05. The van der Waals surface area contributed by atoms with Gasteiger partial charge in [0.2, 0.25) is 5.78 Å². The van der Waals surface area contributed by atoms with E-state index in [2.05, 4.69) is 0 Å². The third kappa shape index (κ3) is 2.99. The molecule has 4 heteroatoms. The number of hydrogen-bond donors (Lipinski definition) is 0. The zero-order chi connectivity index (χ0) is 5.86. The van der Waals surface area contributed by atoms with Crippen LogP contribution in [0.3, 0.4) is 0 Å². The molecule has 7 heavy (non-hydrogen) atoms. The Kier molecular flexibility index (Phi) is 3.55. The summed E-state index contributed by atoms with van der Waals surface area (Å²) in [5.74, 6) is -0.540. The number of ketones is 1.